The van der Waals surface area contributed by atoms with Crippen LogP contribution in [0.15, 0.2) is 48.8 Å². The van der Waals surface area contributed by atoms with Gasteiger partial charge in [-0.3, -0.25) is 9.97 Å². The zero-order valence-electron chi connectivity index (χ0n) is 18.1. The minimum atomic E-state index is -3.25. The van der Waals surface area contributed by atoms with Crippen molar-refractivity contribution < 1.29 is 21.6 Å². The van der Waals surface area contributed by atoms with Crippen molar-refractivity contribution in [2.24, 2.45) is 0 Å². The topological polar surface area (TPSA) is 75.2 Å². The molecule has 0 saturated heterocycles. The maximum Gasteiger partial charge on any atom is 0.266 e. The predicted octanol–water partition coefficient (Wildman–Crippen LogP) is 4.93. The summed E-state index contributed by atoms with van der Waals surface area (Å²) in [5, 5.41) is 3.95. The fourth-order valence-corrected chi connectivity index (χ4v) is 4.69. The van der Waals surface area contributed by atoms with Crippen LogP contribution in [0.2, 0.25) is 0 Å². The smallest absolute Gasteiger partial charge is 0.266 e. The molecule has 0 spiro atoms. The summed E-state index contributed by atoms with van der Waals surface area (Å²) in [6.07, 6.45) is 3.88. The lowest BCUT2D eigenvalue weighted by molar-refractivity contribution is 0.146. The van der Waals surface area contributed by atoms with E-state index in [9.17, 15) is 21.6 Å². The highest BCUT2D eigenvalue weighted by molar-refractivity contribution is 7.88. The third-order valence-electron chi connectivity index (χ3n) is 5.73. The number of fused-ring (bicyclic) bond motifs is 1. The summed E-state index contributed by atoms with van der Waals surface area (Å²) < 4.78 is 65.7. The number of nitrogens with one attached hydrogen (secondary N) is 1. The average Bonchev–Trinajstić information content (AvgIpc) is 2.78. The van der Waals surface area contributed by atoms with E-state index in [2.05, 4.69) is 15.3 Å². The Kier molecular flexibility index (Phi) is 6.40. The summed E-state index contributed by atoms with van der Waals surface area (Å²) in [7, 11) is -3.25. The summed E-state index contributed by atoms with van der Waals surface area (Å²) in [6, 6.07) is 6.99. The second-order valence-electron chi connectivity index (χ2n) is 7.96. The number of hydrogen-bond acceptors (Lipinski definition) is 5. The van der Waals surface area contributed by atoms with E-state index < -0.39 is 33.9 Å². The van der Waals surface area contributed by atoms with Crippen molar-refractivity contribution in [1.29, 1.82) is 0 Å². The molecule has 3 aromatic rings. The lowest BCUT2D eigenvalue weighted by Crippen LogP contribution is -2.33. The van der Waals surface area contributed by atoms with E-state index in [0.29, 0.717) is 29.9 Å². The highest BCUT2D eigenvalue weighted by Gasteiger charge is 2.22. The lowest BCUT2D eigenvalue weighted by Gasteiger charge is -2.24. The molecule has 10 heteroatoms. The molecule has 6 nitrogen and oxygen atoms in total. The van der Waals surface area contributed by atoms with Crippen molar-refractivity contribution >= 4 is 32.2 Å². The first-order chi connectivity index (χ1) is 15.6. The van der Waals surface area contributed by atoms with Crippen LogP contribution in [0.5, 0.6) is 0 Å². The van der Waals surface area contributed by atoms with Gasteiger partial charge in [-0.15, -0.1) is 0 Å². The molecule has 2 aromatic heterocycles. The predicted molar refractivity (Wildman–Crippen MR) is 122 cm³/mol. The number of rotatable bonds is 6. The van der Waals surface area contributed by atoms with Crippen LogP contribution in [0, 0.1) is 5.82 Å². The van der Waals surface area contributed by atoms with Gasteiger partial charge in [0.15, 0.2) is 0 Å². The molecule has 4 rings (SSSR count). The van der Waals surface area contributed by atoms with Crippen LogP contribution >= 0.6 is 0 Å². The van der Waals surface area contributed by atoms with Crippen LogP contribution in [0.25, 0.3) is 16.5 Å². The Hall–Kier alpha value is -2.98. The number of hydrogen-bond donors (Lipinski definition) is 1. The number of pyridine rings is 2. The fourth-order valence-electron chi connectivity index (χ4n) is 3.92. The van der Waals surface area contributed by atoms with Crippen molar-refractivity contribution in [1.82, 2.24) is 14.3 Å². The molecule has 1 N–H and O–H groups in total. The molecular formula is C23H23F3N4O2S. The van der Waals surface area contributed by atoms with E-state index >= 15 is 0 Å². The number of halogens is 3. The van der Waals surface area contributed by atoms with Crippen LogP contribution in [0.4, 0.5) is 18.9 Å². The van der Waals surface area contributed by atoms with Gasteiger partial charge in [-0.2, -0.15) is 4.31 Å². The summed E-state index contributed by atoms with van der Waals surface area (Å²) in [4.78, 5) is 8.80. The number of sulfonamides is 1. The van der Waals surface area contributed by atoms with Crippen LogP contribution in [0.1, 0.15) is 42.6 Å². The number of benzene rings is 1. The maximum absolute atomic E-state index is 14.6. The Morgan fingerprint density at radius 2 is 1.91 bits per heavy atom. The molecule has 0 unspecified atom stereocenters. The van der Waals surface area contributed by atoms with Crippen molar-refractivity contribution in [3.05, 3.63) is 71.4 Å². The van der Waals surface area contributed by atoms with Gasteiger partial charge in [-0.25, -0.2) is 21.6 Å². The van der Waals surface area contributed by atoms with E-state index in [4.69, 9.17) is 0 Å². The van der Waals surface area contributed by atoms with Gasteiger partial charge in [0.2, 0.25) is 10.0 Å². The molecule has 1 aliphatic heterocycles. The quantitative estimate of drug-likeness (QED) is 0.546. The van der Waals surface area contributed by atoms with E-state index in [1.165, 1.54) is 22.7 Å². The summed E-state index contributed by atoms with van der Waals surface area (Å²) in [5.41, 5.74) is 2.42. The third-order valence-corrected chi connectivity index (χ3v) is 7.00. The highest BCUT2D eigenvalue weighted by atomic mass is 32.2. The molecule has 3 heterocycles. The highest BCUT2D eigenvalue weighted by Crippen LogP contribution is 2.32. The normalized spacial score (nSPS) is 16.1. The molecule has 0 amide bonds. The van der Waals surface area contributed by atoms with Gasteiger partial charge in [0.05, 0.1) is 35.3 Å². The number of aromatic nitrogens is 2. The number of anilines is 1. The van der Waals surface area contributed by atoms with Gasteiger partial charge >= 0.3 is 0 Å². The molecule has 33 heavy (non-hydrogen) atoms. The number of alkyl halides is 2. The molecule has 1 aliphatic rings. The summed E-state index contributed by atoms with van der Waals surface area (Å²) in [6.45, 7) is 2.35. The van der Waals surface area contributed by atoms with Gasteiger partial charge in [-0.1, -0.05) is 24.3 Å². The van der Waals surface area contributed by atoms with Crippen molar-refractivity contribution in [2.45, 2.75) is 25.8 Å². The zero-order chi connectivity index (χ0) is 23.8. The molecule has 0 bridgehead atoms. The van der Waals surface area contributed by atoms with Crippen LogP contribution in [-0.2, 0) is 10.0 Å². The third kappa shape index (κ3) is 4.86. The molecule has 0 radical (unpaired) electrons. The first kappa shape index (κ1) is 23.2. The molecule has 174 valence electrons. The Morgan fingerprint density at radius 1 is 1.15 bits per heavy atom. The maximum atomic E-state index is 14.6. The minimum absolute atomic E-state index is 0.142. The summed E-state index contributed by atoms with van der Waals surface area (Å²) >= 11 is 0. The first-order valence-electron chi connectivity index (χ1n) is 10.4. The molecule has 0 aliphatic carbocycles. The van der Waals surface area contributed by atoms with Gasteiger partial charge in [0.1, 0.15) is 5.82 Å². The molecule has 0 saturated carbocycles. The largest absolute Gasteiger partial charge is 0.378 e. The second-order valence-corrected chi connectivity index (χ2v) is 9.95. The van der Waals surface area contributed by atoms with Crippen LogP contribution < -0.4 is 5.32 Å². The van der Waals surface area contributed by atoms with Crippen LogP contribution in [0.3, 0.4) is 0 Å². The van der Waals surface area contributed by atoms with Crippen molar-refractivity contribution in [2.75, 3.05) is 24.7 Å². The van der Waals surface area contributed by atoms with Crippen LogP contribution in [-0.4, -0.2) is 42.0 Å². The van der Waals surface area contributed by atoms with Crippen molar-refractivity contribution in [3.63, 3.8) is 0 Å². The summed E-state index contributed by atoms with van der Waals surface area (Å²) in [5.74, 6) is -0.920. The molecule has 1 aromatic carbocycles. The Bertz CT molecular complexity index is 1330. The lowest BCUT2D eigenvalue weighted by atomic mass is 10.0. The zero-order valence-corrected chi connectivity index (χ0v) is 18.9. The number of nitrogens with zero attached hydrogens (tertiary/aromatic N) is 3. The van der Waals surface area contributed by atoms with Gasteiger partial charge in [-0.05, 0) is 31.1 Å². The van der Waals surface area contributed by atoms with Crippen molar-refractivity contribution in [3.8, 4) is 0 Å². The second kappa shape index (κ2) is 9.11. The monoisotopic (exact) mass is 476 g/mol. The SMILES string of the molecule is C[C@@H](Nc1ccnc2cnc(C3=CCN(S(C)(=O)=O)CC3)cc12)c1cccc(C(F)F)c1F. The molecule has 1 atom stereocenters. The first-order valence-corrected chi connectivity index (χ1v) is 12.2. The molecular weight excluding hydrogens is 453 g/mol. The van der Waals surface area contributed by atoms with Gasteiger partial charge in [0.25, 0.3) is 6.43 Å². The van der Waals surface area contributed by atoms with Gasteiger partial charge < -0.3 is 5.32 Å². The Balaban J connectivity index is 1.65. The molecule has 0 fully saturated rings. The minimum Gasteiger partial charge on any atom is -0.378 e. The van der Waals surface area contributed by atoms with E-state index in [0.717, 1.165) is 17.0 Å². The Morgan fingerprint density at radius 3 is 2.58 bits per heavy atom. The van der Waals surface area contributed by atoms with E-state index in [1.807, 2.05) is 12.1 Å². The van der Waals surface area contributed by atoms with Gasteiger partial charge in [0, 0.05) is 35.9 Å². The standard InChI is InChI=1S/C23H23F3N4O2S/c1-14(16-4-3-5-17(22(16)24)23(25)26)29-19-6-9-27-21-13-28-20(12-18(19)21)15-7-10-30(11-8-15)33(2,31)32/h3-7,9,12-14,23H,8,10-11H2,1-2H3,(H,27,29)/t14-/m1/s1. The average molecular weight is 477 g/mol. The Labute approximate surface area is 190 Å². The fraction of sp³-hybridized carbons (Fsp3) is 0.304. The van der Waals surface area contributed by atoms with E-state index in [1.54, 1.807) is 25.4 Å². The van der Waals surface area contributed by atoms with E-state index in [-0.39, 0.29) is 12.1 Å².